The topological polar surface area (TPSA) is 72.1 Å². The van der Waals surface area contributed by atoms with Crippen molar-refractivity contribution in [2.24, 2.45) is 0 Å². The molecule has 2 aliphatic heterocycles. The van der Waals surface area contributed by atoms with Gasteiger partial charge in [0.1, 0.15) is 0 Å². The van der Waals surface area contributed by atoms with Gasteiger partial charge < -0.3 is 24.8 Å². The number of nitrogens with zero attached hydrogens (tertiary/aromatic N) is 1. The molecule has 1 aromatic rings. The van der Waals surface area contributed by atoms with Gasteiger partial charge in [0, 0.05) is 31.6 Å². The molecule has 0 spiro atoms. The Morgan fingerprint density at radius 3 is 2.59 bits per heavy atom. The minimum absolute atomic E-state index is 0.112. The monoisotopic (exact) mass is 377 g/mol. The zero-order chi connectivity index (χ0) is 19.3. The highest BCUT2D eigenvalue weighted by atomic mass is 16.5. The molecule has 2 amide bonds. The van der Waals surface area contributed by atoms with Crippen molar-refractivity contribution in [3.63, 3.8) is 0 Å². The van der Waals surface area contributed by atoms with Crippen LogP contribution in [0.4, 0.5) is 4.79 Å². The van der Waals surface area contributed by atoms with Gasteiger partial charge in [-0.2, -0.15) is 0 Å². The molecule has 2 N–H and O–H groups in total. The Kier molecular flexibility index (Phi) is 6.44. The van der Waals surface area contributed by atoms with Crippen LogP contribution in [0.2, 0.25) is 0 Å². The number of ether oxygens (including phenoxy) is 3. The third-order valence-corrected chi connectivity index (χ3v) is 5.17. The third kappa shape index (κ3) is 5.26. The second-order valence-corrected chi connectivity index (χ2v) is 7.72. The maximum absolute atomic E-state index is 12.4. The maximum atomic E-state index is 12.4. The van der Waals surface area contributed by atoms with Crippen LogP contribution in [0.1, 0.15) is 38.8 Å². The second-order valence-electron chi connectivity index (χ2n) is 7.72. The Morgan fingerprint density at radius 1 is 1.15 bits per heavy atom. The minimum Gasteiger partial charge on any atom is -0.490 e. The van der Waals surface area contributed by atoms with Gasteiger partial charge >= 0.3 is 6.03 Å². The molecule has 150 valence electrons. The second kappa shape index (κ2) is 8.80. The molecule has 1 saturated heterocycles. The summed E-state index contributed by atoms with van der Waals surface area (Å²) in [5.41, 5.74) is 0.876. The Balaban J connectivity index is 1.52. The average molecular weight is 377 g/mol. The lowest BCUT2D eigenvalue weighted by atomic mass is 10.0. The van der Waals surface area contributed by atoms with Gasteiger partial charge in [0.25, 0.3) is 0 Å². The number of fused-ring (bicyclic) bond motifs is 1. The van der Waals surface area contributed by atoms with E-state index in [0.29, 0.717) is 19.8 Å². The van der Waals surface area contributed by atoms with Crippen LogP contribution in [0.25, 0.3) is 0 Å². The molecule has 1 fully saturated rings. The quantitative estimate of drug-likeness (QED) is 0.824. The van der Waals surface area contributed by atoms with E-state index in [1.165, 1.54) is 0 Å². The maximum Gasteiger partial charge on any atom is 0.315 e. The highest BCUT2D eigenvalue weighted by molar-refractivity contribution is 5.74. The molecule has 0 aliphatic carbocycles. The van der Waals surface area contributed by atoms with Crippen molar-refractivity contribution in [3.8, 4) is 11.5 Å². The van der Waals surface area contributed by atoms with Gasteiger partial charge in [-0.25, -0.2) is 4.79 Å². The number of rotatable bonds is 5. The normalized spacial score (nSPS) is 19.1. The summed E-state index contributed by atoms with van der Waals surface area (Å²) in [7, 11) is 0. The van der Waals surface area contributed by atoms with Crippen LogP contribution in [-0.4, -0.2) is 62.5 Å². The lowest BCUT2D eigenvalue weighted by Crippen LogP contribution is -2.56. The molecule has 1 aromatic carbocycles. The van der Waals surface area contributed by atoms with Crippen molar-refractivity contribution in [1.82, 2.24) is 15.5 Å². The van der Waals surface area contributed by atoms with E-state index in [9.17, 15) is 4.79 Å². The van der Waals surface area contributed by atoms with Crippen LogP contribution in [0.5, 0.6) is 11.5 Å². The van der Waals surface area contributed by atoms with Crippen LogP contribution >= 0.6 is 0 Å². The van der Waals surface area contributed by atoms with Crippen LogP contribution < -0.4 is 20.1 Å². The zero-order valence-corrected chi connectivity index (χ0v) is 16.5. The molecule has 27 heavy (non-hydrogen) atoms. The summed E-state index contributed by atoms with van der Waals surface area (Å²) in [6, 6.07) is 5.53. The Bertz CT molecular complexity index is 644. The highest BCUT2D eigenvalue weighted by Crippen LogP contribution is 2.32. The van der Waals surface area contributed by atoms with Gasteiger partial charge in [-0.05, 0) is 38.5 Å². The van der Waals surface area contributed by atoms with E-state index < -0.39 is 0 Å². The summed E-state index contributed by atoms with van der Waals surface area (Å²) in [5, 5.41) is 6.01. The summed E-state index contributed by atoms with van der Waals surface area (Å²) in [5.74, 6) is 1.51. The number of carbonyl (C=O) groups excluding carboxylic acids is 1. The first-order valence-electron chi connectivity index (χ1n) is 9.72. The Morgan fingerprint density at radius 2 is 1.85 bits per heavy atom. The lowest BCUT2D eigenvalue weighted by Gasteiger charge is -2.40. The fourth-order valence-corrected chi connectivity index (χ4v) is 3.36. The summed E-state index contributed by atoms with van der Waals surface area (Å²) in [6.07, 6.45) is 0.874. The van der Waals surface area contributed by atoms with Crippen LogP contribution in [0.15, 0.2) is 18.2 Å². The molecule has 1 unspecified atom stereocenters. The number of amides is 2. The van der Waals surface area contributed by atoms with Crippen molar-refractivity contribution < 1.29 is 19.0 Å². The van der Waals surface area contributed by atoms with Gasteiger partial charge in [0.15, 0.2) is 11.5 Å². The van der Waals surface area contributed by atoms with Gasteiger partial charge in [-0.3, -0.25) is 4.90 Å². The molecular formula is C20H31N3O4. The standard InChI is InChI=1S/C20H31N3O4/c1-15(16-5-6-17-18(13-16)27-10-4-9-26-17)22-19(24)21-14-20(2,3)23-7-11-25-12-8-23/h5-6,13,15H,4,7-12,14H2,1-3H3,(H2,21,22,24). The third-order valence-electron chi connectivity index (χ3n) is 5.17. The predicted molar refractivity (Wildman–Crippen MR) is 103 cm³/mol. The molecule has 0 saturated carbocycles. The summed E-state index contributed by atoms with van der Waals surface area (Å²) >= 11 is 0. The molecule has 1 atom stereocenters. The Hall–Kier alpha value is -1.99. The Labute approximate surface area is 161 Å². The van der Waals surface area contributed by atoms with Crippen LogP contribution in [0.3, 0.4) is 0 Å². The van der Waals surface area contributed by atoms with Crippen molar-refractivity contribution in [2.45, 2.75) is 38.8 Å². The summed E-state index contributed by atoms with van der Waals surface area (Å²) < 4.78 is 16.8. The largest absolute Gasteiger partial charge is 0.490 e. The van der Waals surface area contributed by atoms with Gasteiger partial charge in [-0.15, -0.1) is 0 Å². The van der Waals surface area contributed by atoms with E-state index in [4.69, 9.17) is 14.2 Å². The van der Waals surface area contributed by atoms with E-state index in [0.717, 1.165) is 49.8 Å². The molecule has 0 bridgehead atoms. The van der Waals surface area contributed by atoms with E-state index in [2.05, 4.69) is 29.4 Å². The zero-order valence-electron chi connectivity index (χ0n) is 16.5. The van der Waals surface area contributed by atoms with Gasteiger partial charge in [0.2, 0.25) is 0 Å². The first-order valence-corrected chi connectivity index (χ1v) is 9.72. The molecule has 2 aliphatic rings. The molecule has 0 radical (unpaired) electrons. The fraction of sp³-hybridized carbons (Fsp3) is 0.650. The molecule has 0 aromatic heterocycles. The fourth-order valence-electron chi connectivity index (χ4n) is 3.36. The number of hydrogen-bond donors (Lipinski definition) is 2. The van der Waals surface area contributed by atoms with E-state index in [-0.39, 0.29) is 17.6 Å². The molecule has 3 rings (SSSR count). The number of morpholine rings is 1. The van der Waals surface area contributed by atoms with Gasteiger partial charge in [-0.1, -0.05) is 6.07 Å². The smallest absolute Gasteiger partial charge is 0.315 e. The van der Waals surface area contributed by atoms with E-state index in [1.54, 1.807) is 0 Å². The lowest BCUT2D eigenvalue weighted by molar-refractivity contribution is -0.00876. The first-order chi connectivity index (χ1) is 13.0. The van der Waals surface area contributed by atoms with Crippen molar-refractivity contribution >= 4 is 6.03 Å². The molecule has 7 heteroatoms. The van der Waals surface area contributed by atoms with Crippen molar-refractivity contribution in [1.29, 1.82) is 0 Å². The van der Waals surface area contributed by atoms with E-state index in [1.807, 2.05) is 25.1 Å². The number of hydrogen-bond acceptors (Lipinski definition) is 5. The van der Waals surface area contributed by atoms with Crippen molar-refractivity contribution in [2.75, 3.05) is 46.1 Å². The minimum atomic E-state index is -0.170. The van der Waals surface area contributed by atoms with Gasteiger partial charge in [0.05, 0.1) is 32.5 Å². The highest BCUT2D eigenvalue weighted by Gasteiger charge is 2.28. The summed E-state index contributed by atoms with van der Waals surface area (Å²) in [6.45, 7) is 11.4. The summed E-state index contributed by atoms with van der Waals surface area (Å²) in [4.78, 5) is 14.7. The number of nitrogens with one attached hydrogen (secondary N) is 2. The van der Waals surface area contributed by atoms with Crippen LogP contribution in [-0.2, 0) is 4.74 Å². The number of urea groups is 1. The molecule has 7 nitrogen and oxygen atoms in total. The SMILES string of the molecule is CC(NC(=O)NCC(C)(C)N1CCOCC1)c1ccc2c(c1)OCCCO2. The predicted octanol–water partition coefficient (Wildman–Crippen LogP) is 2.32. The number of carbonyl (C=O) groups is 1. The van der Waals surface area contributed by atoms with E-state index >= 15 is 0 Å². The first kappa shape index (κ1) is 19.8. The average Bonchev–Trinajstić information content (AvgIpc) is 2.92. The molecule has 2 heterocycles. The van der Waals surface area contributed by atoms with Crippen molar-refractivity contribution in [3.05, 3.63) is 23.8 Å². The number of benzene rings is 1. The molecular weight excluding hydrogens is 346 g/mol. The van der Waals surface area contributed by atoms with Crippen LogP contribution in [0, 0.1) is 0 Å².